The normalized spacial score (nSPS) is 11.1. The van der Waals surface area contributed by atoms with E-state index in [-0.39, 0.29) is 17.9 Å². The molecule has 0 atom stereocenters. The summed E-state index contributed by atoms with van der Waals surface area (Å²) >= 11 is 1.09. The fourth-order valence-corrected chi connectivity index (χ4v) is 4.35. The Morgan fingerprint density at radius 3 is 2.57 bits per heavy atom. The van der Waals surface area contributed by atoms with Crippen molar-refractivity contribution in [1.82, 2.24) is 9.55 Å². The molecule has 0 aliphatic carbocycles. The highest BCUT2D eigenvalue weighted by Crippen LogP contribution is 2.27. The summed E-state index contributed by atoms with van der Waals surface area (Å²) in [6, 6.07) is 12.4. The number of carbonyl (C=O) groups is 2. The third-order valence-corrected chi connectivity index (χ3v) is 5.94. The molecule has 1 aromatic carbocycles. The molecule has 0 aliphatic heterocycles. The van der Waals surface area contributed by atoms with E-state index in [9.17, 15) is 14.4 Å². The van der Waals surface area contributed by atoms with Crippen LogP contribution in [-0.4, -0.2) is 26.5 Å². The van der Waals surface area contributed by atoms with Crippen LogP contribution >= 0.6 is 11.3 Å². The van der Waals surface area contributed by atoms with Crippen LogP contribution in [0.4, 0.5) is 0 Å². The van der Waals surface area contributed by atoms with E-state index in [0.717, 1.165) is 16.9 Å². The Balaban J connectivity index is 1.89. The third kappa shape index (κ3) is 3.50. The van der Waals surface area contributed by atoms with Crippen LogP contribution in [0.15, 0.2) is 51.7 Å². The monoisotopic (exact) mass is 423 g/mol. The molecule has 0 radical (unpaired) electrons. The minimum absolute atomic E-state index is 0.0123. The van der Waals surface area contributed by atoms with E-state index >= 15 is 0 Å². The Morgan fingerprint density at radius 1 is 1.20 bits per heavy atom. The first-order valence-corrected chi connectivity index (χ1v) is 9.85. The van der Waals surface area contributed by atoms with Crippen molar-refractivity contribution in [3.05, 3.63) is 86.2 Å². The molecule has 0 bridgehead atoms. The van der Waals surface area contributed by atoms with Crippen LogP contribution < -0.4 is 11.3 Å². The molecule has 30 heavy (non-hydrogen) atoms. The number of primary amides is 1. The highest BCUT2D eigenvalue weighted by Gasteiger charge is 2.21. The number of furan rings is 1. The molecule has 9 heteroatoms. The minimum Gasteiger partial charge on any atom is -0.475 e. The number of benzene rings is 1. The highest BCUT2D eigenvalue weighted by atomic mass is 32.1. The SMILES string of the molecule is Cc1c(C(N)=O)sc2nc(Cc3ccccc3)n(Cc3ccc(C(=O)O)o3)c(=O)c12. The van der Waals surface area contributed by atoms with E-state index in [4.69, 9.17) is 15.3 Å². The lowest BCUT2D eigenvalue weighted by Gasteiger charge is -2.12. The molecular formula is C21H17N3O5S. The first-order chi connectivity index (χ1) is 14.3. The number of thiophene rings is 1. The van der Waals surface area contributed by atoms with Crippen molar-refractivity contribution >= 4 is 33.4 Å². The fraction of sp³-hybridized carbons (Fsp3) is 0.143. The number of amides is 1. The van der Waals surface area contributed by atoms with Gasteiger partial charge in [0.05, 0.1) is 16.8 Å². The van der Waals surface area contributed by atoms with E-state index in [1.165, 1.54) is 16.7 Å². The number of aromatic carboxylic acids is 1. The summed E-state index contributed by atoms with van der Waals surface area (Å²) in [5.74, 6) is -1.22. The van der Waals surface area contributed by atoms with Gasteiger partial charge in [0.15, 0.2) is 0 Å². The van der Waals surface area contributed by atoms with Crippen LogP contribution in [0.5, 0.6) is 0 Å². The molecular weight excluding hydrogens is 406 g/mol. The van der Waals surface area contributed by atoms with Gasteiger partial charge in [0.1, 0.15) is 16.4 Å². The zero-order valence-corrected chi connectivity index (χ0v) is 16.7. The number of aryl methyl sites for hydroxylation is 1. The summed E-state index contributed by atoms with van der Waals surface area (Å²) in [5.41, 5.74) is 6.56. The van der Waals surface area contributed by atoms with Gasteiger partial charge in [0.2, 0.25) is 5.76 Å². The summed E-state index contributed by atoms with van der Waals surface area (Å²) < 4.78 is 6.79. The van der Waals surface area contributed by atoms with Gasteiger partial charge in [0, 0.05) is 6.42 Å². The Morgan fingerprint density at radius 2 is 1.93 bits per heavy atom. The fourth-order valence-electron chi connectivity index (χ4n) is 3.30. The number of hydrogen-bond acceptors (Lipinski definition) is 6. The lowest BCUT2D eigenvalue weighted by molar-refractivity contribution is 0.0660. The topological polar surface area (TPSA) is 128 Å². The summed E-state index contributed by atoms with van der Waals surface area (Å²) in [5, 5.41) is 9.41. The van der Waals surface area contributed by atoms with Gasteiger partial charge in [-0.1, -0.05) is 30.3 Å². The van der Waals surface area contributed by atoms with Gasteiger partial charge in [-0.05, 0) is 30.2 Å². The number of carboxylic acids is 1. The maximum atomic E-state index is 13.4. The Kier molecular flexibility index (Phi) is 4.96. The van der Waals surface area contributed by atoms with Crippen LogP contribution in [0, 0.1) is 6.92 Å². The first kappa shape index (κ1) is 19.6. The summed E-state index contributed by atoms with van der Waals surface area (Å²) in [6.45, 7) is 1.68. The van der Waals surface area contributed by atoms with E-state index in [2.05, 4.69) is 4.98 Å². The third-order valence-electron chi connectivity index (χ3n) is 4.74. The molecule has 8 nitrogen and oxygen atoms in total. The average Bonchev–Trinajstić information content (AvgIpc) is 3.30. The summed E-state index contributed by atoms with van der Waals surface area (Å²) in [6.07, 6.45) is 0.376. The molecule has 3 heterocycles. The van der Waals surface area contributed by atoms with Gasteiger partial charge < -0.3 is 15.3 Å². The number of aromatic nitrogens is 2. The van der Waals surface area contributed by atoms with Gasteiger partial charge >= 0.3 is 5.97 Å². The molecule has 4 rings (SSSR count). The summed E-state index contributed by atoms with van der Waals surface area (Å²) in [4.78, 5) is 41.6. The quantitative estimate of drug-likeness (QED) is 0.491. The molecule has 0 fully saturated rings. The lowest BCUT2D eigenvalue weighted by atomic mass is 10.1. The Labute approximate surface area is 174 Å². The maximum absolute atomic E-state index is 13.4. The number of rotatable bonds is 6. The maximum Gasteiger partial charge on any atom is 0.371 e. The Hall–Kier alpha value is -3.72. The van der Waals surface area contributed by atoms with Gasteiger partial charge in [-0.2, -0.15) is 0 Å². The molecule has 152 valence electrons. The molecule has 4 aromatic rings. The van der Waals surface area contributed by atoms with Gasteiger partial charge in [-0.15, -0.1) is 11.3 Å². The number of hydrogen-bond donors (Lipinski definition) is 2. The number of nitrogens with two attached hydrogens (primary N) is 1. The van der Waals surface area contributed by atoms with Gasteiger partial charge in [0.25, 0.3) is 11.5 Å². The van der Waals surface area contributed by atoms with Crippen LogP contribution in [0.3, 0.4) is 0 Å². The predicted octanol–water partition coefficient (Wildman–Crippen LogP) is 2.80. The number of fused-ring (bicyclic) bond motifs is 1. The van der Waals surface area contributed by atoms with Crippen molar-refractivity contribution in [3.8, 4) is 0 Å². The van der Waals surface area contributed by atoms with E-state index < -0.39 is 11.9 Å². The average molecular weight is 423 g/mol. The molecule has 0 spiro atoms. The van der Waals surface area contributed by atoms with E-state index in [1.807, 2.05) is 30.3 Å². The Bertz CT molecular complexity index is 1330. The zero-order valence-electron chi connectivity index (χ0n) is 15.9. The lowest BCUT2D eigenvalue weighted by Crippen LogP contribution is -2.26. The van der Waals surface area contributed by atoms with Crippen molar-refractivity contribution in [1.29, 1.82) is 0 Å². The molecule has 3 aromatic heterocycles. The van der Waals surface area contributed by atoms with Crippen molar-refractivity contribution < 1.29 is 19.1 Å². The molecule has 0 saturated carbocycles. The summed E-state index contributed by atoms with van der Waals surface area (Å²) in [7, 11) is 0. The van der Waals surface area contributed by atoms with Crippen molar-refractivity contribution in [2.75, 3.05) is 0 Å². The predicted molar refractivity (Wildman–Crippen MR) is 111 cm³/mol. The largest absolute Gasteiger partial charge is 0.475 e. The van der Waals surface area contributed by atoms with Gasteiger partial charge in [-0.3, -0.25) is 14.2 Å². The van der Waals surface area contributed by atoms with Gasteiger partial charge in [-0.25, -0.2) is 9.78 Å². The minimum atomic E-state index is -1.19. The van der Waals surface area contributed by atoms with Crippen molar-refractivity contribution in [2.45, 2.75) is 19.9 Å². The molecule has 0 unspecified atom stereocenters. The van der Waals surface area contributed by atoms with Crippen LogP contribution in [0.25, 0.3) is 10.2 Å². The van der Waals surface area contributed by atoms with Crippen LogP contribution in [0.2, 0.25) is 0 Å². The second-order valence-electron chi connectivity index (χ2n) is 6.75. The second-order valence-corrected chi connectivity index (χ2v) is 7.75. The molecule has 1 amide bonds. The smallest absolute Gasteiger partial charge is 0.371 e. The number of carboxylic acid groups (broad SMARTS) is 1. The molecule has 0 aliphatic rings. The number of nitrogens with zero attached hydrogens (tertiary/aromatic N) is 2. The molecule has 3 N–H and O–H groups in total. The standard InChI is InChI=1S/C21H17N3O5S/c1-11-16-19(30-17(11)18(22)25)23-15(9-12-5-3-2-4-6-12)24(20(16)26)10-13-7-8-14(29-13)21(27)28/h2-8H,9-10H2,1H3,(H2,22,25)(H,27,28). The first-order valence-electron chi connectivity index (χ1n) is 9.03. The van der Waals surface area contributed by atoms with Crippen molar-refractivity contribution in [2.24, 2.45) is 5.73 Å². The van der Waals surface area contributed by atoms with E-state index in [0.29, 0.717) is 38.7 Å². The highest BCUT2D eigenvalue weighted by molar-refractivity contribution is 7.20. The van der Waals surface area contributed by atoms with Crippen molar-refractivity contribution in [3.63, 3.8) is 0 Å². The van der Waals surface area contributed by atoms with Crippen LogP contribution in [-0.2, 0) is 13.0 Å². The van der Waals surface area contributed by atoms with E-state index in [1.54, 1.807) is 6.92 Å². The second kappa shape index (κ2) is 7.60. The molecule has 0 saturated heterocycles. The zero-order chi connectivity index (χ0) is 21.4. The number of carbonyl (C=O) groups excluding carboxylic acids is 1. The van der Waals surface area contributed by atoms with Crippen LogP contribution in [0.1, 0.15) is 42.9 Å².